The average Bonchev–Trinajstić information content (AvgIpc) is 2.85. The summed E-state index contributed by atoms with van der Waals surface area (Å²) in [7, 11) is 0. The van der Waals surface area contributed by atoms with Crippen molar-refractivity contribution in [2.24, 2.45) is 0 Å². The van der Waals surface area contributed by atoms with Crippen molar-refractivity contribution in [2.75, 3.05) is 39.5 Å². The van der Waals surface area contributed by atoms with Crippen molar-refractivity contribution in [1.82, 2.24) is 15.2 Å². The summed E-state index contributed by atoms with van der Waals surface area (Å²) >= 11 is 0. The van der Waals surface area contributed by atoms with Gasteiger partial charge in [0.25, 0.3) is 0 Å². The average molecular weight is 446 g/mol. The Labute approximate surface area is 195 Å². The van der Waals surface area contributed by atoms with Crippen molar-refractivity contribution in [3.63, 3.8) is 0 Å². The molecule has 1 aromatic heterocycles. The molecule has 1 saturated heterocycles. The first-order valence-electron chi connectivity index (χ1n) is 11.5. The number of hydrogen-bond donors (Lipinski definition) is 1. The van der Waals surface area contributed by atoms with E-state index in [1.165, 1.54) is 5.56 Å². The second kappa shape index (κ2) is 11.6. The molecule has 6 heteroatoms. The summed E-state index contributed by atoms with van der Waals surface area (Å²) in [6.07, 6.45) is 2.19. The number of nitrogens with zero attached hydrogens (tertiary/aromatic N) is 2. The monoisotopic (exact) mass is 445 g/mol. The molecular formula is C27H31N3O3. The zero-order valence-corrected chi connectivity index (χ0v) is 19.1. The van der Waals surface area contributed by atoms with Crippen molar-refractivity contribution in [3.8, 4) is 17.0 Å². The Kier molecular flexibility index (Phi) is 8.06. The molecule has 33 heavy (non-hydrogen) atoms. The third-order valence-electron chi connectivity index (χ3n) is 5.72. The van der Waals surface area contributed by atoms with Crippen molar-refractivity contribution in [3.05, 3.63) is 83.6 Å². The number of aromatic nitrogens is 1. The zero-order chi connectivity index (χ0) is 22.9. The van der Waals surface area contributed by atoms with Gasteiger partial charge in [-0.1, -0.05) is 54.1 Å². The highest BCUT2D eigenvalue weighted by atomic mass is 16.5. The van der Waals surface area contributed by atoms with Crippen LogP contribution in [0.25, 0.3) is 11.1 Å². The van der Waals surface area contributed by atoms with Crippen LogP contribution in [0.2, 0.25) is 0 Å². The van der Waals surface area contributed by atoms with Crippen molar-refractivity contribution in [1.29, 1.82) is 0 Å². The molecule has 2 heterocycles. The lowest BCUT2D eigenvalue weighted by Gasteiger charge is -2.26. The summed E-state index contributed by atoms with van der Waals surface area (Å²) in [4.78, 5) is 19.1. The summed E-state index contributed by atoms with van der Waals surface area (Å²) < 4.78 is 11.1. The molecule has 1 aliphatic rings. The van der Waals surface area contributed by atoms with Crippen LogP contribution in [0.1, 0.15) is 16.7 Å². The van der Waals surface area contributed by atoms with E-state index in [-0.39, 0.29) is 5.91 Å². The lowest BCUT2D eigenvalue weighted by atomic mass is 10.0. The Hall–Kier alpha value is -3.22. The van der Waals surface area contributed by atoms with Gasteiger partial charge in [0.15, 0.2) is 0 Å². The molecule has 2 aromatic carbocycles. The van der Waals surface area contributed by atoms with Crippen LogP contribution < -0.4 is 10.1 Å². The van der Waals surface area contributed by atoms with Gasteiger partial charge in [-0.3, -0.25) is 9.69 Å². The van der Waals surface area contributed by atoms with E-state index in [1.54, 1.807) is 0 Å². The van der Waals surface area contributed by atoms with Crippen LogP contribution in [0.15, 0.2) is 66.9 Å². The number of ether oxygens (including phenoxy) is 2. The molecular weight excluding hydrogens is 414 g/mol. The zero-order valence-electron chi connectivity index (χ0n) is 19.1. The minimum absolute atomic E-state index is 0.0181. The van der Waals surface area contributed by atoms with Gasteiger partial charge in [-0.15, -0.1) is 0 Å². The van der Waals surface area contributed by atoms with E-state index < -0.39 is 0 Å². The number of benzene rings is 2. The summed E-state index contributed by atoms with van der Waals surface area (Å²) in [6.45, 7) is 7.61. The van der Waals surface area contributed by atoms with Crippen LogP contribution in [-0.2, 0) is 22.5 Å². The second-order valence-electron chi connectivity index (χ2n) is 8.33. The van der Waals surface area contributed by atoms with Crippen LogP contribution in [0.3, 0.4) is 0 Å². The van der Waals surface area contributed by atoms with Gasteiger partial charge in [-0.2, -0.15) is 0 Å². The number of amides is 1. The molecule has 6 nitrogen and oxygen atoms in total. The number of carbonyl (C=O) groups excluding carboxylic acids is 1. The molecule has 0 atom stereocenters. The maximum Gasteiger partial charge on any atom is 0.224 e. The molecule has 1 fully saturated rings. The Morgan fingerprint density at radius 2 is 1.82 bits per heavy atom. The highest BCUT2D eigenvalue weighted by Gasteiger charge is 2.10. The van der Waals surface area contributed by atoms with Gasteiger partial charge in [0, 0.05) is 44.0 Å². The van der Waals surface area contributed by atoms with Gasteiger partial charge in [-0.05, 0) is 29.7 Å². The Bertz CT molecular complexity index is 1030. The lowest BCUT2D eigenvalue weighted by Crippen LogP contribution is -2.38. The SMILES string of the molecule is Cc1cccc(CNC(=O)Cc2ccc(-c3ccc(OCCN4CCOCC4)nc3)cc2)c1. The van der Waals surface area contributed by atoms with Crippen molar-refractivity contribution < 1.29 is 14.3 Å². The maximum absolute atomic E-state index is 12.3. The molecule has 0 unspecified atom stereocenters. The van der Waals surface area contributed by atoms with E-state index in [0.717, 1.165) is 55.1 Å². The van der Waals surface area contributed by atoms with Crippen LogP contribution >= 0.6 is 0 Å². The predicted octanol–water partition coefficient (Wildman–Crippen LogP) is 3.63. The van der Waals surface area contributed by atoms with Gasteiger partial charge in [0.05, 0.1) is 19.6 Å². The Morgan fingerprint density at radius 3 is 2.55 bits per heavy atom. The lowest BCUT2D eigenvalue weighted by molar-refractivity contribution is -0.120. The number of nitrogens with one attached hydrogen (secondary N) is 1. The van der Waals surface area contributed by atoms with Crippen LogP contribution in [0.4, 0.5) is 0 Å². The minimum Gasteiger partial charge on any atom is -0.476 e. The van der Waals surface area contributed by atoms with Crippen molar-refractivity contribution >= 4 is 5.91 Å². The third kappa shape index (κ3) is 7.14. The first-order valence-corrected chi connectivity index (χ1v) is 11.5. The van der Waals surface area contributed by atoms with Gasteiger partial charge in [-0.25, -0.2) is 4.98 Å². The Balaban J connectivity index is 1.23. The summed E-state index contributed by atoms with van der Waals surface area (Å²) in [5, 5.41) is 2.99. The number of aryl methyl sites for hydroxylation is 1. The first-order chi connectivity index (χ1) is 16.2. The van der Waals surface area contributed by atoms with E-state index in [2.05, 4.69) is 34.3 Å². The van der Waals surface area contributed by atoms with Gasteiger partial charge < -0.3 is 14.8 Å². The smallest absolute Gasteiger partial charge is 0.224 e. The minimum atomic E-state index is 0.0181. The quantitative estimate of drug-likeness (QED) is 0.545. The Morgan fingerprint density at radius 1 is 1.03 bits per heavy atom. The van der Waals surface area contributed by atoms with Crippen LogP contribution in [0.5, 0.6) is 5.88 Å². The molecule has 0 aliphatic carbocycles. The van der Waals surface area contributed by atoms with Gasteiger partial charge in [0.2, 0.25) is 11.8 Å². The number of rotatable bonds is 9. The fourth-order valence-electron chi connectivity index (χ4n) is 3.83. The van der Waals surface area contributed by atoms with Crippen LogP contribution in [-0.4, -0.2) is 55.2 Å². The van der Waals surface area contributed by atoms with E-state index in [9.17, 15) is 4.79 Å². The predicted molar refractivity (Wildman–Crippen MR) is 129 cm³/mol. The topological polar surface area (TPSA) is 63.7 Å². The van der Waals surface area contributed by atoms with E-state index in [0.29, 0.717) is 25.5 Å². The third-order valence-corrected chi connectivity index (χ3v) is 5.72. The molecule has 0 bridgehead atoms. The van der Waals surface area contributed by atoms with Gasteiger partial charge >= 0.3 is 0 Å². The van der Waals surface area contributed by atoms with E-state index in [4.69, 9.17) is 9.47 Å². The molecule has 172 valence electrons. The van der Waals surface area contributed by atoms with Gasteiger partial charge in [0.1, 0.15) is 6.61 Å². The number of hydrogen-bond acceptors (Lipinski definition) is 5. The molecule has 3 aromatic rings. The maximum atomic E-state index is 12.3. The molecule has 0 spiro atoms. The van der Waals surface area contributed by atoms with E-state index >= 15 is 0 Å². The summed E-state index contributed by atoms with van der Waals surface area (Å²) in [5.41, 5.74) is 5.37. The summed E-state index contributed by atoms with van der Waals surface area (Å²) in [6, 6.07) is 20.1. The first kappa shape index (κ1) is 23.0. The fraction of sp³-hybridized carbons (Fsp3) is 0.333. The normalized spacial score (nSPS) is 14.1. The molecule has 0 saturated carbocycles. The number of carbonyl (C=O) groups is 1. The summed E-state index contributed by atoms with van der Waals surface area (Å²) in [5.74, 6) is 0.651. The second-order valence-corrected chi connectivity index (χ2v) is 8.33. The largest absolute Gasteiger partial charge is 0.476 e. The highest BCUT2D eigenvalue weighted by molar-refractivity contribution is 5.78. The number of pyridine rings is 1. The molecule has 0 radical (unpaired) electrons. The van der Waals surface area contributed by atoms with Crippen molar-refractivity contribution in [2.45, 2.75) is 19.9 Å². The van der Waals surface area contributed by atoms with Crippen LogP contribution in [0, 0.1) is 6.92 Å². The standard InChI is InChI=1S/C27H31N3O3/c1-21-3-2-4-23(17-21)19-28-26(31)18-22-5-7-24(8-6-22)25-9-10-27(29-20-25)33-16-13-30-11-14-32-15-12-30/h2-10,17,20H,11-16,18-19H2,1H3,(H,28,31). The molecule has 1 amide bonds. The number of morpholine rings is 1. The molecule has 4 rings (SSSR count). The fourth-order valence-corrected chi connectivity index (χ4v) is 3.83. The molecule has 1 N–H and O–H groups in total. The van der Waals surface area contributed by atoms with E-state index in [1.807, 2.05) is 54.7 Å². The highest BCUT2D eigenvalue weighted by Crippen LogP contribution is 2.21. The molecule has 1 aliphatic heterocycles.